The number of nitrogens with zero attached hydrogens (tertiary/aromatic N) is 3. The number of halogens is 4. The van der Waals surface area contributed by atoms with Gasteiger partial charge in [0.2, 0.25) is 0 Å². The number of benzene rings is 1. The van der Waals surface area contributed by atoms with E-state index < -0.39 is 24.3 Å². The summed E-state index contributed by atoms with van der Waals surface area (Å²) in [6, 6.07) is 2.52. The third-order valence-electron chi connectivity index (χ3n) is 3.93. The van der Waals surface area contributed by atoms with Gasteiger partial charge in [-0.05, 0) is 33.3 Å². The topological polar surface area (TPSA) is 75.3 Å². The van der Waals surface area contributed by atoms with Gasteiger partial charge in [-0.1, -0.05) is 30.1 Å². The Hall–Kier alpha value is -2.13. The van der Waals surface area contributed by atoms with Gasteiger partial charge in [0.15, 0.2) is 6.10 Å². The number of hydrogen-bond donors (Lipinski definition) is 0. The summed E-state index contributed by atoms with van der Waals surface area (Å²) in [7, 11) is 0. The van der Waals surface area contributed by atoms with E-state index in [1.54, 1.807) is 6.92 Å². The van der Waals surface area contributed by atoms with E-state index in [-0.39, 0.29) is 38.0 Å². The summed E-state index contributed by atoms with van der Waals surface area (Å²) in [6.45, 7) is 3.28. The molecule has 7 nitrogen and oxygen atoms in total. The Morgan fingerprint density at radius 2 is 1.89 bits per heavy atom. The van der Waals surface area contributed by atoms with Crippen molar-refractivity contribution in [3.8, 4) is 11.4 Å². The van der Waals surface area contributed by atoms with Crippen LogP contribution in [0.2, 0.25) is 10.0 Å². The predicted molar refractivity (Wildman–Crippen MR) is 99.8 cm³/mol. The van der Waals surface area contributed by atoms with E-state index in [1.807, 2.05) is 6.92 Å². The van der Waals surface area contributed by atoms with Gasteiger partial charge in [0.1, 0.15) is 11.6 Å². The Morgan fingerprint density at radius 3 is 2.43 bits per heavy atom. The van der Waals surface area contributed by atoms with Crippen LogP contribution in [0.4, 0.5) is 8.78 Å². The van der Waals surface area contributed by atoms with Gasteiger partial charge in [0, 0.05) is 6.07 Å². The maximum Gasteiger partial charge on any atom is 0.355 e. The lowest BCUT2D eigenvalue weighted by Crippen LogP contribution is -2.29. The van der Waals surface area contributed by atoms with Crippen molar-refractivity contribution < 1.29 is 23.0 Å². The number of carbonyl (C=O) groups excluding carboxylic acids is 1. The molecule has 2 atom stereocenters. The van der Waals surface area contributed by atoms with Crippen molar-refractivity contribution in [1.29, 1.82) is 0 Å². The molecule has 154 valence electrons. The van der Waals surface area contributed by atoms with Gasteiger partial charge in [-0.3, -0.25) is 0 Å². The first-order chi connectivity index (χ1) is 13.1. The minimum absolute atomic E-state index is 0.00630. The van der Waals surface area contributed by atoms with Crippen molar-refractivity contribution in [2.75, 3.05) is 0 Å². The minimum atomic E-state index is -3.06. The summed E-state index contributed by atoms with van der Waals surface area (Å²) in [4.78, 5) is 24.3. The number of ether oxygens (including phenoxy) is 2. The molecule has 0 spiro atoms. The van der Waals surface area contributed by atoms with Crippen molar-refractivity contribution in [1.82, 2.24) is 14.3 Å². The summed E-state index contributed by atoms with van der Waals surface area (Å²) in [5.41, 5.74) is -1.09. The second-order valence-corrected chi connectivity index (χ2v) is 6.85. The first kappa shape index (κ1) is 22.2. The van der Waals surface area contributed by atoms with Crippen molar-refractivity contribution in [2.24, 2.45) is 0 Å². The van der Waals surface area contributed by atoms with Gasteiger partial charge in [0.25, 0.3) is 0 Å². The third kappa shape index (κ3) is 4.64. The Morgan fingerprint density at radius 1 is 1.25 bits per heavy atom. The molecule has 0 bridgehead atoms. The van der Waals surface area contributed by atoms with E-state index in [4.69, 9.17) is 32.7 Å². The minimum Gasteiger partial charge on any atom is -0.477 e. The molecule has 1 aromatic carbocycles. The van der Waals surface area contributed by atoms with Crippen LogP contribution in [-0.2, 0) is 9.53 Å². The van der Waals surface area contributed by atoms with Crippen LogP contribution in [0, 0.1) is 6.92 Å². The molecule has 1 heterocycles. The largest absolute Gasteiger partial charge is 0.477 e. The van der Waals surface area contributed by atoms with E-state index in [0.29, 0.717) is 6.42 Å². The molecule has 0 saturated heterocycles. The Balaban J connectivity index is 2.39. The number of aromatic nitrogens is 3. The fourth-order valence-corrected chi connectivity index (χ4v) is 2.75. The highest BCUT2D eigenvalue weighted by atomic mass is 35.5. The molecule has 0 aliphatic rings. The smallest absolute Gasteiger partial charge is 0.355 e. The number of rotatable bonds is 7. The van der Waals surface area contributed by atoms with E-state index >= 15 is 0 Å². The molecule has 0 radical (unpaired) electrons. The van der Waals surface area contributed by atoms with E-state index in [1.165, 1.54) is 26.0 Å². The fraction of sp³-hybridized carbons (Fsp3) is 0.471. The maximum absolute atomic E-state index is 13.0. The molecule has 0 aliphatic heterocycles. The lowest BCUT2D eigenvalue weighted by Gasteiger charge is -2.18. The standard InChI is InChI=1S/C17H19Cl2F2N3O4/c1-5-8(2)27-15(25)9(3)28-14-7-13(11(18)6-12(14)19)24-17(26)23(16(20)21)10(4)22-24/h6-9,16H,5H2,1-4H3. The van der Waals surface area contributed by atoms with Crippen molar-refractivity contribution in [3.63, 3.8) is 0 Å². The van der Waals surface area contributed by atoms with Crippen LogP contribution in [0.3, 0.4) is 0 Å². The average molecular weight is 438 g/mol. The van der Waals surface area contributed by atoms with Crippen LogP contribution in [-0.4, -0.2) is 32.5 Å². The Bertz CT molecular complexity index is 930. The number of carbonyl (C=O) groups is 1. The lowest BCUT2D eigenvalue weighted by molar-refractivity contribution is -0.155. The van der Waals surface area contributed by atoms with E-state index in [2.05, 4.69) is 5.10 Å². The normalized spacial score (nSPS) is 13.5. The molecule has 11 heteroatoms. The molecule has 28 heavy (non-hydrogen) atoms. The zero-order valence-electron chi connectivity index (χ0n) is 15.6. The van der Waals surface area contributed by atoms with Gasteiger partial charge in [0.05, 0.1) is 21.8 Å². The van der Waals surface area contributed by atoms with Crippen LogP contribution in [0.15, 0.2) is 16.9 Å². The molecule has 2 rings (SSSR count). The third-order valence-corrected chi connectivity index (χ3v) is 4.53. The molecular weight excluding hydrogens is 419 g/mol. The monoisotopic (exact) mass is 437 g/mol. The highest BCUT2D eigenvalue weighted by molar-refractivity contribution is 6.36. The number of esters is 1. The molecule has 0 N–H and O–H groups in total. The lowest BCUT2D eigenvalue weighted by atomic mass is 10.3. The average Bonchev–Trinajstić information content (AvgIpc) is 2.91. The molecule has 2 unspecified atom stereocenters. The van der Waals surface area contributed by atoms with Crippen LogP contribution >= 0.6 is 23.2 Å². The SMILES string of the molecule is CCC(C)OC(=O)C(C)Oc1cc(-n2nc(C)n(C(F)F)c2=O)c(Cl)cc1Cl. The maximum atomic E-state index is 13.0. The zero-order valence-corrected chi connectivity index (χ0v) is 17.1. The summed E-state index contributed by atoms with van der Waals surface area (Å²) in [6.07, 6.45) is -0.647. The first-order valence-electron chi connectivity index (χ1n) is 8.39. The molecule has 0 fully saturated rings. The van der Waals surface area contributed by atoms with Crippen LogP contribution in [0.1, 0.15) is 39.6 Å². The highest BCUT2D eigenvalue weighted by Gasteiger charge is 2.23. The fourth-order valence-electron chi connectivity index (χ4n) is 2.24. The van der Waals surface area contributed by atoms with Gasteiger partial charge < -0.3 is 9.47 Å². The molecule has 0 saturated carbocycles. The summed E-state index contributed by atoms with van der Waals surface area (Å²) < 4.78 is 37.7. The molecular formula is C17H19Cl2F2N3O4. The predicted octanol–water partition coefficient (Wildman–Crippen LogP) is 4.15. The summed E-state index contributed by atoms with van der Waals surface area (Å²) in [5.74, 6) is -0.776. The van der Waals surface area contributed by atoms with Crippen LogP contribution < -0.4 is 10.4 Å². The number of alkyl halides is 2. The number of hydrogen-bond acceptors (Lipinski definition) is 5. The quantitative estimate of drug-likeness (QED) is 0.608. The summed E-state index contributed by atoms with van der Waals surface area (Å²) in [5, 5.41) is 3.87. The van der Waals surface area contributed by atoms with Gasteiger partial charge in [-0.15, -0.1) is 5.10 Å². The van der Waals surface area contributed by atoms with E-state index in [0.717, 1.165) is 4.68 Å². The van der Waals surface area contributed by atoms with Gasteiger partial charge in [-0.25, -0.2) is 14.2 Å². The van der Waals surface area contributed by atoms with E-state index in [9.17, 15) is 18.4 Å². The van der Waals surface area contributed by atoms with Crippen LogP contribution in [0.5, 0.6) is 5.75 Å². The van der Waals surface area contributed by atoms with Gasteiger partial charge >= 0.3 is 18.2 Å². The highest BCUT2D eigenvalue weighted by Crippen LogP contribution is 2.33. The second-order valence-electron chi connectivity index (χ2n) is 6.04. The Kier molecular flexibility index (Phi) is 7.06. The summed E-state index contributed by atoms with van der Waals surface area (Å²) >= 11 is 12.2. The number of aryl methyl sites for hydroxylation is 1. The van der Waals surface area contributed by atoms with Crippen LogP contribution in [0.25, 0.3) is 5.69 Å². The zero-order chi connectivity index (χ0) is 21.2. The molecule has 0 aliphatic carbocycles. The van der Waals surface area contributed by atoms with Crippen molar-refractivity contribution in [3.05, 3.63) is 38.5 Å². The molecule has 1 aromatic heterocycles. The molecule has 2 aromatic rings. The van der Waals surface area contributed by atoms with Gasteiger partial charge in [-0.2, -0.15) is 13.5 Å². The van der Waals surface area contributed by atoms with Crippen molar-refractivity contribution >= 4 is 29.2 Å². The second kappa shape index (κ2) is 8.91. The van der Waals surface area contributed by atoms with Crippen molar-refractivity contribution in [2.45, 2.75) is 52.9 Å². The first-order valence-corrected chi connectivity index (χ1v) is 9.15. The molecule has 0 amide bonds. The Labute approximate surface area is 169 Å².